The van der Waals surface area contributed by atoms with Crippen LogP contribution >= 0.6 is 0 Å². The number of benzene rings is 1. The molecule has 148 valence electrons. The average Bonchev–Trinajstić information content (AvgIpc) is 2.81. The predicted octanol–water partition coefficient (Wildman–Crippen LogP) is 4.54. The summed E-state index contributed by atoms with van der Waals surface area (Å²) in [5.74, 6) is 1.33. The second kappa shape index (κ2) is 8.04. The maximum absolute atomic E-state index is 2.62. The molecule has 0 saturated carbocycles. The van der Waals surface area contributed by atoms with E-state index in [1.165, 1.54) is 22.5 Å². The Hall–Kier alpha value is 0.625. The van der Waals surface area contributed by atoms with Crippen LogP contribution in [0.5, 0.6) is 0 Å². The van der Waals surface area contributed by atoms with Gasteiger partial charge in [-0.2, -0.15) is 0 Å². The number of hydrogen-bond donors (Lipinski definition) is 0. The van der Waals surface area contributed by atoms with Crippen LogP contribution < -0.4 is 9.80 Å². The fourth-order valence-corrected chi connectivity index (χ4v) is 6.27. The molecule has 3 rings (SSSR count). The van der Waals surface area contributed by atoms with Gasteiger partial charge < -0.3 is 0 Å². The van der Waals surface area contributed by atoms with E-state index in [1.807, 2.05) is 0 Å². The van der Waals surface area contributed by atoms with Crippen LogP contribution in [0.1, 0.15) is 66.5 Å². The van der Waals surface area contributed by atoms with Gasteiger partial charge in [0, 0.05) is 21.1 Å². The van der Waals surface area contributed by atoms with Crippen LogP contribution in [-0.4, -0.2) is 21.1 Å². The zero-order chi connectivity index (χ0) is 19.6. The van der Waals surface area contributed by atoms with Gasteiger partial charge in [0.2, 0.25) is 0 Å². The van der Waals surface area contributed by atoms with Crippen molar-refractivity contribution >= 4 is 19.4 Å². The first kappa shape index (κ1) is 23.9. The van der Waals surface area contributed by atoms with Crippen molar-refractivity contribution in [3.63, 3.8) is 0 Å². The molecule has 0 radical (unpaired) electrons. The van der Waals surface area contributed by atoms with Gasteiger partial charge in [0.05, 0.1) is 0 Å². The first-order chi connectivity index (χ1) is 11.9. The molecule has 0 saturated heterocycles. The molecule has 2 heterocycles. The van der Waals surface area contributed by atoms with E-state index in [-0.39, 0.29) is 31.9 Å². The van der Waals surface area contributed by atoms with Crippen molar-refractivity contribution in [2.24, 2.45) is 11.8 Å². The zero-order valence-electron chi connectivity index (χ0n) is 17.8. The van der Waals surface area contributed by atoms with Crippen LogP contribution in [0.2, 0.25) is 0 Å². The Morgan fingerprint density at radius 3 is 1.37 bits per heavy atom. The second-order valence-corrected chi connectivity index (χ2v) is 12.5. The fraction of sp³-hybridized carbons (Fsp3) is 0.636. The van der Waals surface area contributed by atoms with E-state index in [9.17, 15) is 0 Å². The molecule has 2 aliphatic rings. The van der Waals surface area contributed by atoms with Gasteiger partial charge in [0.25, 0.3) is 0 Å². The normalized spacial score (nSPS) is 19.6. The topological polar surface area (TPSA) is 6.48 Å². The second-order valence-electron chi connectivity index (χ2n) is 9.76. The predicted molar refractivity (Wildman–Crippen MR) is 107 cm³/mol. The van der Waals surface area contributed by atoms with Gasteiger partial charge in [-0.05, 0) is 0 Å². The Labute approximate surface area is 201 Å². The van der Waals surface area contributed by atoms with Gasteiger partial charge in [-0.1, -0.05) is 0 Å². The number of rotatable bonds is 4. The minimum Gasteiger partial charge on any atom is 0 e. The van der Waals surface area contributed by atoms with Crippen LogP contribution in [0, 0.1) is 11.8 Å². The SMILES string of the molecule is CC(C)CN1[C](=[W])C(C)(C)c2cc3c(cc21)N(CC(C)C)[C](=[W])C3(C)C.[W]. The van der Waals surface area contributed by atoms with E-state index in [0.29, 0.717) is 11.8 Å². The Morgan fingerprint density at radius 2 is 1.07 bits per heavy atom. The summed E-state index contributed by atoms with van der Waals surface area (Å²) in [4.78, 5) is 5.24. The third-order valence-electron chi connectivity index (χ3n) is 5.70. The maximum Gasteiger partial charge on any atom is 0 e. The Balaban J connectivity index is 0.00000261. The van der Waals surface area contributed by atoms with Gasteiger partial charge in [0.15, 0.2) is 0 Å². The van der Waals surface area contributed by atoms with E-state index in [1.54, 1.807) is 46.8 Å². The Morgan fingerprint density at radius 1 is 0.741 bits per heavy atom. The average molecular weight is 876 g/mol. The van der Waals surface area contributed by atoms with Crippen LogP contribution in [0.3, 0.4) is 0 Å². The molecule has 0 aliphatic carbocycles. The van der Waals surface area contributed by atoms with Crippen molar-refractivity contribution in [3.8, 4) is 0 Å². The van der Waals surface area contributed by atoms with E-state index < -0.39 is 0 Å². The van der Waals surface area contributed by atoms with Crippen LogP contribution in [0.4, 0.5) is 11.4 Å². The molecule has 0 spiro atoms. The molecular weight excluding hydrogens is 844 g/mol. The fourth-order valence-electron chi connectivity index (χ4n) is 4.24. The van der Waals surface area contributed by atoms with Crippen molar-refractivity contribution in [1.29, 1.82) is 0 Å². The molecule has 2 aliphatic heterocycles. The summed E-state index contributed by atoms with van der Waals surface area (Å²) < 4.78 is 3.15. The third kappa shape index (κ3) is 3.87. The van der Waals surface area contributed by atoms with Crippen molar-refractivity contribution < 1.29 is 59.8 Å². The third-order valence-corrected chi connectivity index (χ3v) is 10.9. The molecule has 1 aromatic carbocycles. The van der Waals surface area contributed by atoms with Crippen LogP contribution in [-0.2, 0) is 70.6 Å². The summed E-state index contributed by atoms with van der Waals surface area (Å²) in [7, 11) is 0. The van der Waals surface area contributed by atoms with Gasteiger partial charge >= 0.3 is 182 Å². The van der Waals surface area contributed by atoms with Gasteiger partial charge in [-0.25, -0.2) is 0 Å². The Kier molecular flexibility index (Phi) is 7.12. The van der Waals surface area contributed by atoms with Crippen LogP contribution in [0.15, 0.2) is 12.1 Å². The summed E-state index contributed by atoms with van der Waals surface area (Å²) in [6.07, 6.45) is 0. The summed E-state index contributed by atoms with van der Waals surface area (Å²) in [5, 5.41) is 0. The molecule has 0 atom stereocenters. The summed E-state index contributed by atoms with van der Waals surface area (Å²) >= 11 is 3.21. The number of nitrogens with zero attached hydrogens (tertiary/aromatic N) is 2. The number of fused-ring (bicyclic) bond motifs is 2. The van der Waals surface area contributed by atoms with E-state index in [4.69, 9.17) is 0 Å². The molecule has 0 bridgehead atoms. The van der Waals surface area contributed by atoms with Crippen LogP contribution in [0.25, 0.3) is 0 Å². The number of anilines is 2. The summed E-state index contributed by atoms with van der Waals surface area (Å²) in [6.45, 7) is 21.2. The first-order valence-electron chi connectivity index (χ1n) is 9.72. The molecular formula is C22H32N2W3. The zero-order valence-corrected chi connectivity index (χ0v) is 26.6. The minimum absolute atomic E-state index is 0. The Bertz CT molecular complexity index is 717. The first-order valence-corrected chi connectivity index (χ1v) is 12.6. The van der Waals surface area contributed by atoms with Gasteiger partial charge in [-0.15, -0.1) is 0 Å². The molecule has 0 N–H and O–H groups in total. The van der Waals surface area contributed by atoms with Crippen molar-refractivity contribution in [1.82, 2.24) is 0 Å². The molecule has 2 nitrogen and oxygen atoms in total. The monoisotopic (exact) mass is 876 g/mol. The molecule has 0 fully saturated rings. The standard InChI is InChI=1S/C22H32N2.3W/c1-15(2)11-23-13-21(5,6)17-9-18-20(10-19(17)23)24(12-16(3)4)14-22(18,7)8;;;/h9-10,15-16H,11-12H2,1-8H3;;;. The molecule has 0 unspecified atom stereocenters. The van der Waals surface area contributed by atoms with Crippen molar-refractivity contribution in [3.05, 3.63) is 23.3 Å². The summed E-state index contributed by atoms with van der Waals surface area (Å²) in [6, 6.07) is 5.07. The van der Waals surface area contributed by atoms with E-state index in [0.717, 1.165) is 13.1 Å². The molecule has 5 heteroatoms. The van der Waals surface area contributed by atoms with Crippen molar-refractivity contribution in [2.45, 2.75) is 66.2 Å². The molecule has 1 aromatic rings. The van der Waals surface area contributed by atoms with Gasteiger partial charge in [0.1, 0.15) is 0 Å². The summed E-state index contributed by atoms with van der Waals surface area (Å²) in [5.41, 5.74) is 6.28. The molecule has 27 heavy (non-hydrogen) atoms. The van der Waals surface area contributed by atoms with E-state index in [2.05, 4.69) is 77.3 Å². The maximum atomic E-state index is 2.62. The van der Waals surface area contributed by atoms with E-state index >= 15 is 0 Å². The quantitative estimate of drug-likeness (QED) is 0.439. The number of hydrogen-bond acceptors (Lipinski definition) is 2. The molecule has 0 aromatic heterocycles. The molecule has 0 amide bonds. The van der Waals surface area contributed by atoms with Crippen molar-refractivity contribution in [2.75, 3.05) is 22.9 Å². The smallest absolute Gasteiger partial charge is 0 e. The minimum atomic E-state index is 0. The largest absolute Gasteiger partial charge is 0 e. The van der Waals surface area contributed by atoms with Gasteiger partial charge in [-0.3, -0.25) is 0 Å².